The highest BCUT2D eigenvalue weighted by atomic mass is 16.3. The van der Waals surface area contributed by atoms with Gasteiger partial charge in [-0.25, -0.2) is 0 Å². The number of nitrogens with zero attached hydrogens (tertiary/aromatic N) is 3. The van der Waals surface area contributed by atoms with Crippen LogP contribution in [-0.2, 0) is 0 Å². The molecule has 1 aliphatic carbocycles. The highest BCUT2D eigenvalue weighted by Gasteiger charge is 2.26. The molecule has 6 nitrogen and oxygen atoms in total. The quantitative estimate of drug-likeness (QED) is 0.785. The Hall–Kier alpha value is -1.69. The Balaban J connectivity index is 2.08. The molecule has 0 radical (unpaired) electrons. The van der Waals surface area contributed by atoms with Crippen molar-refractivity contribution < 1.29 is 9.90 Å². The number of aliphatic hydroxyl groups is 1. The molecular weight excluding hydrogens is 244 g/mol. The normalized spacial score (nSPS) is 14.8. The summed E-state index contributed by atoms with van der Waals surface area (Å²) in [6.45, 7) is 3.08. The van der Waals surface area contributed by atoms with E-state index < -0.39 is 0 Å². The van der Waals surface area contributed by atoms with Crippen LogP contribution in [0, 0.1) is 0 Å². The van der Waals surface area contributed by atoms with E-state index in [0.717, 1.165) is 18.7 Å². The van der Waals surface area contributed by atoms with E-state index in [9.17, 15) is 4.79 Å². The number of rotatable bonds is 6. The van der Waals surface area contributed by atoms with Crippen LogP contribution >= 0.6 is 0 Å². The lowest BCUT2D eigenvalue weighted by Crippen LogP contribution is -2.42. The SMILES string of the molecule is CCNC(=O)c1ccc(N(CCO)C2CCC2)nn1. The van der Waals surface area contributed by atoms with Crippen LogP contribution in [0.1, 0.15) is 36.7 Å². The second-order valence-electron chi connectivity index (χ2n) is 4.64. The predicted molar refractivity (Wildman–Crippen MR) is 72.1 cm³/mol. The van der Waals surface area contributed by atoms with E-state index in [2.05, 4.69) is 20.4 Å². The maximum absolute atomic E-state index is 11.6. The van der Waals surface area contributed by atoms with Gasteiger partial charge in [0.05, 0.1) is 6.61 Å². The summed E-state index contributed by atoms with van der Waals surface area (Å²) in [7, 11) is 0. The molecule has 19 heavy (non-hydrogen) atoms. The van der Waals surface area contributed by atoms with Crippen molar-refractivity contribution in [3.63, 3.8) is 0 Å². The predicted octanol–water partition coefficient (Wildman–Crippen LogP) is 0.577. The van der Waals surface area contributed by atoms with E-state index in [1.165, 1.54) is 6.42 Å². The van der Waals surface area contributed by atoms with Gasteiger partial charge in [-0.15, -0.1) is 10.2 Å². The largest absolute Gasteiger partial charge is 0.395 e. The molecule has 1 aromatic heterocycles. The van der Waals surface area contributed by atoms with Crippen LogP contribution in [0.5, 0.6) is 0 Å². The van der Waals surface area contributed by atoms with Gasteiger partial charge in [-0.2, -0.15) is 0 Å². The smallest absolute Gasteiger partial charge is 0.271 e. The molecule has 0 spiro atoms. The number of anilines is 1. The molecule has 0 saturated heterocycles. The third kappa shape index (κ3) is 3.20. The number of amides is 1. The zero-order valence-electron chi connectivity index (χ0n) is 11.2. The molecule has 0 aromatic carbocycles. The molecule has 0 bridgehead atoms. The first kappa shape index (κ1) is 13.7. The number of aliphatic hydroxyl groups excluding tert-OH is 1. The summed E-state index contributed by atoms with van der Waals surface area (Å²) < 4.78 is 0. The number of carbonyl (C=O) groups excluding carboxylic acids is 1. The van der Waals surface area contributed by atoms with Gasteiger partial charge in [0, 0.05) is 19.1 Å². The first-order valence-corrected chi connectivity index (χ1v) is 6.75. The van der Waals surface area contributed by atoms with Gasteiger partial charge >= 0.3 is 0 Å². The van der Waals surface area contributed by atoms with Crippen molar-refractivity contribution in [1.29, 1.82) is 0 Å². The van der Waals surface area contributed by atoms with E-state index >= 15 is 0 Å². The summed E-state index contributed by atoms with van der Waals surface area (Å²) in [6, 6.07) is 3.92. The van der Waals surface area contributed by atoms with E-state index in [0.29, 0.717) is 24.8 Å². The Morgan fingerprint density at radius 3 is 2.74 bits per heavy atom. The Morgan fingerprint density at radius 2 is 2.26 bits per heavy atom. The molecule has 0 unspecified atom stereocenters. The maximum Gasteiger partial charge on any atom is 0.271 e. The van der Waals surface area contributed by atoms with Gasteiger partial charge in [-0.05, 0) is 38.3 Å². The van der Waals surface area contributed by atoms with Gasteiger partial charge in [0.1, 0.15) is 0 Å². The number of carbonyl (C=O) groups is 1. The molecule has 0 atom stereocenters. The van der Waals surface area contributed by atoms with Crippen LogP contribution in [0.3, 0.4) is 0 Å². The van der Waals surface area contributed by atoms with Crippen molar-refractivity contribution in [1.82, 2.24) is 15.5 Å². The summed E-state index contributed by atoms with van der Waals surface area (Å²) in [4.78, 5) is 13.7. The fraction of sp³-hybridized carbons (Fsp3) is 0.615. The summed E-state index contributed by atoms with van der Waals surface area (Å²) >= 11 is 0. The molecule has 1 aliphatic rings. The van der Waals surface area contributed by atoms with Crippen molar-refractivity contribution in [2.24, 2.45) is 0 Å². The standard InChI is InChI=1S/C13H20N4O2/c1-2-14-13(19)11-6-7-12(16-15-11)17(8-9-18)10-4-3-5-10/h6-7,10,18H,2-5,8-9H2,1H3,(H,14,19). The number of hydrogen-bond donors (Lipinski definition) is 2. The van der Waals surface area contributed by atoms with E-state index in [4.69, 9.17) is 5.11 Å². The van der Waals surface area contributed by atoms with Gasteiger partial charge in [0.2, 0.25) is 0 Å². The van der Waals surface area contributed by atoms with E-state index in [1.54, 1.807) is 12.1 Å². The summed E-state index contributed by atoms with van der Waals surface area (Å²) in [5.41, 5.74) is 0.322. The van der Waals surface area contributed by atoms with Crippen molar-refractivity contribution in [2.75, 3.05) is 24.6 Å². The molecule has 1 fully saturated rings. The molecular formula is C13H20N4O2. The first-order valence-electron chi connectivity index (χ1n) is 6.75. The van der Waals surface area contributed by atoms with E-state index in [-0.39, 0.29) is 12.5 Å². The molecule has 1 aromatic rings. The van der Waals surface area contributed by atoms with Crippen molar-refractivity contribution in [2.45, 2.75) is 32.2 Å². The van der Waals surface area contributed by atoms with Gasteiger partial charge in [-0.1, -0.05) is 0 Å². The van der Waals surface area contributed by atoms with E-state index in [1.807, 2.05) is 6.92 Å². The highest BCUT2D eigenvalue weighted by Crippen LogP contribution is 2.27. The van der Waals surface area contributed by atoms with Gasteiger partial charge in [0.25, 0.3) is 5.91 Å². The molecule has 0 aliphatic heterocycles. The van der Waals surface area contributed by atoms with Crippen LogP contribution in [0.15, 0.2) is 12.1 Å². The van der Waals surface area contributed by atoms with Gasteiger partial charge < -0.3 is 15.3 Å². The Kier molecular flexibility index (Phi) is 4.68. The lowest BCUT2D eigenvalue weighted by molar-refractivity contribution is 0.0950. The minimum atomic E-state index is -0.209. The maximum atomic E-state index is 11.6. The number of nitrogens with one attached hydrogen (secondary N) is 1. The lowest BCUT2D eigenvalue weighted by Gasteiger charge is -2.37. The summed E-state index contributed by atoms with van der Waals surface area (Å²) in [5, 5.41) is 19.9. The molecule has 2 N–H and O–H groups in total. The van der Waals surface area contributed by atoms with Crippen LogP contribution in [-0.4, -0.2) is 46.9 Å². The second-order valence-corrected chi connectivity index (χ2v) is 4.64. The Morgan fingerprint density at radius 1 is 1.47 bits per heavy atom. The van der Waals surface area contributed by atoms with Crippen molar-refractivity contribution in [3.8, 4) is 0 Å². The molecule has 1 saturated carbocycles. The van der Waals surface area contributed by atoms with Crippen LogP contribution in [0.4, 0.5) is 5.82 Å². The van der Waals surface area contributed by atoms with Gasteiger partial charge in [-0.3, -0.25) is 4.79 Å². The monoisotopic (exact) mass is 264 g/mol. The highest BCUT2D eigenvalue weighted by molar-refractivity contribution is 5.92. The molecule has 1 amide bonds. The fourth-order valence-electron chi connectivity index (χ4n) is 2.14. The fourth-order valence-corrected chi connectivity index (χ4v) is 2.14. The van der Waals surface area contributed by atoms with Crippen LogP contribution in [0.2, 0.25) is 0 Å². The zero-order chi connectivity index (χ0) is 13.7. The average molecular weight is 264 g/mol. The van der Waals surface area contributed by atoms with Gasteiger partial charge in [0.15, 0.2) is 11.5 Å². The second kappa shape index (κ2) is 6.47. The third-order valence-electron chi connectivity index (χ3n) is 3.37. The summed E-state index contributed by atoms with van der Waals surface area (Å²) in [6.07, 6.45) is 3.47. The molecule has 1 heterocycles. The lowest BCUT2D eigenvalue weighted by atomic mass is 9.91. The molecule has 2 rings (SSSR count). The number of hydrogen-bond acceptors (Lipinski definition) is 5. The zero-order valence-corrected chi connectivity index (χ0v) is 11.2. The minimum absolute atomic E-state index is 0.0935. The topological polar surface area (TPSA) is 78.4 Å². The number of aromatic nitrogens is 2. The van der Waals surface area contributed by atoms with Crippen molar-refractivity contribution >= 4 is 11.7 Å². The summed E-state index contributed by atoms with van der Waals surface area (Å²) in [5.74, 6) is 0.519. The van der Waals surface area contributed by atoms with Crippen LogP contribution < -0.4 is 10.2 Å². The molecule has 104 valence electrons. The third-order valence-corrected chi connectivity index (χ3v) is 3.37. The Labute approximate surface area is 112 Å². The van der Waals surface area contributed by atoms with Crippen molar-refractivity contribution in [3.05, 3.63) is 17.8 Å². The molecule has 6 heteroatoms. The van der Waals surface area contributed by atoms with Crippen LogP contribution in [0.25, 0.3) is 0 Å². The Bertz CT molecular complexity index is 417. The minimum Gasteiger partial charge on any atom is -0.395 e. The first-order chi connectivity index (χ1) is 9.26. The average Bonchev–Trinajstić information content (AvgIpc) is 2.37.